The summed E-state index contributed by atoms with van der Waals surface area (Å²) >= 11 is 0. The number of anilines is 2. The van der Waals surface area contributed by atoms with Crippen LogP contribution in [0.1, 0.15) is 24.1 Å². The van der Waals surface area contributed by atoms with Crippen LogP contribution in [0.25, 0.3) is 11.4 Å². The van der Waals surface area contributed by atoms with Gasteiger partial charge < -0.3 is 25.6 Å². The van der Waals surface area contributed by atoms with Crippen molar-refractivity contribution >= 4 is 17.5 Å². The number of carbonyl (C=O) groups is 1. The molecule has 2 unspecified atom stereocenters. The Balaban J connectivity index is 1.52. The van der Waals surface area contributed by atoms with Gasteiger partial charge in [0.25, 0.3) is 0 Å². The molecule has 0 radical (unpaired) electrons. The molecule has 2 bridgehead atoms. The third-order valence-corrected chi connectivity index (χ3v) is 6.02. The van der Waals surface area contributed by atoms with E-state index < -0.39 is 0 Å². The first kappa shape index (κ1) is 18.3. The maximum atomic E-state index is 11.5. The molecular formula is C21H26N6O2. The van der Waals surface area contributed by atoms with E-state index in [1.807, 2.05) is 24.3 Å². The number of morpholine rings is 1. The minimum absolute atomic E-state index is 0.236. The Morgan fingerprint density at radius 3 is 2.66 bits per heavy atom. The number of aromatic nitrogens is 2. The largest absolute Gasteiger partial charge is 0.377 e. The van der Waals surface area contributed by atoms with Crippen molar-refractivity contribution in [3.63, 3.8) is 0 Å². The highest BCUT2D eigenvalue weighted by molar-refractivity contribution is 5.89. The van der Waals surface area contributed by atoms with Crippen LogP contribution in [-0.4, -0.2) is 54.9 Å². The molecule has 152 valence electrons. The highest BCUT2D eigenvalue weighted by Gasteiger charge is 2.40. The number of urea groups is 1. The fraction of sp³-hybridized carbons (Fsp3) is 0.476. The average Bonchev–Trinajstić information content (AvgIpc) is 3.01. The summed E-state index contributed by atoms with van der Waals surface area (Å²) in [7, 11) is 1.60. The standard InChI is InChI=1S/C21H26N6O2/c1-22-21(28)24-14-4-2-13(3-5-14)19-25-18-8-9-23-10-17(18)20(26-19)27-15-6-7-16(27)12-29-11-15/h2-5,15-16,23H,6-12H2,1H3,(H2,22,24,28). The quantitative estimate of drug-likeness (QED) is 0.737. The highest BCUT2D eigenvalue weighted by atomic mass is 16.5. The van der Waals surface area contributed by atoms with Gasteiger partial charge in [-0.1, -0.05) is 0 Å². The van der Waals surface area contributed by atoms with E-state index in [0.29, 0.717) is 12.1 Å². The molecular weight excluding hydrogens is 368 g/mol. The van der Waals surface area contributed by atoms with Crippen LogP contribution in [0.5, 0.6) is 0 Å². The molecule has 2 amide bonds. The Hall–Kier alpha value is -2.71. The van der Waals surface area contributed by atoms with Crippen LogP contribution in [0, 0.1) is 0 Å². The molecule has 1 aromatic heterocycles. The number of hydrogen-bond acceptors (Lipinski definition) is 6. The fourth-order valence-electron chi connectivity index (χ4n) is 4.54. The lowest BCUT2D eigenvalue weighted by molar-refractivity contribution is 0.0901. The Labute approximate surface area is 170 Å². The minimum Gasteiger partial charge on any atom is -0.377 e. The Kier molecular flexibility index (Phi) is 4.81. The van der Waals surface area contributed by atoms with Crippen molar-refractivity contribution in [2.45, 2.75) is 37.9 Å². The molecule has 3 aliphatic rings. The second-order valence-electron chi connectivity index (χ2n) is 7.83. The van der Waals surface area contributed by atoms with Crippen molar-refractivity contribution < 1.29 is 9.53 Å². The first-order valence-corrected chi connectivity index (χ1v) is 10.3. The van der Waals surface area contributed by atoms with Gasteiger partial charge in [-0.3, -0.25) is 0 Å². The molecule has 2 aromatic rings. The van der Waals surface area contributed by atoms with Gasteiger partial charge in [0.15, 0.2) is 5.82 Å². The van der Waals surface area contributed by atoms with Crippen LogP contribution in [0.15, 0.2) is 24.3 Å². The zero-order valence-electron chi connectivity index (χ0n) is 16.6. The van der Waals surface area contributed by atoms with Crippen molar-refractivity contribution in [1.82, 2.24) is 20.6 Å². The normalized spacial score (nSPS) is 22.9. The van der Waals surface area contributed by atoms with E-state index in [1.165, 1.54) is 5.56 Å². The van der Waals surface area contributed by atoms with Crippen molar-refractivity contribution in [2.24, 2.45) is 0 Å². The number of hydrogen-bond donors (Lipinski definition) is 3. The fourth-order valence-corrected chi connectivity index (χ4v) is 4.54. The molecule has 3 N–H and O–H groups in total. The number of carbonyl (C=O) groups excluding carboxylic acids is 1. The smallest absolute Gasteiger partial charge is 0.318 e. The molecule has 1 aromatic carbocycles. The SMILES string of the molecule is CNC(=O)Nc1ccc(-c2nc3c(c(N4C5CCC4COC5)n2)CNCC3)cc1. The van der Waals surface area contributed by atoms with Gasteiger partial charge in [0.05, 0.1) is 31.0 Å². The molecule has 8 heteroatoms. The molecule has 2 fully saturated rings. The Morgan fingerprint density at radius 2 is 1.93 bits per heavy atom. The maximum absolute atomic E-state index is 11.5. The van der Waals surface area contributed by atoms with Crippen molar-refractivity contribution in [3.05, 3.63) is 35.5 Å². The summed E-state index contributed by atoms with van der Waals surface area (Å²) in [6.45, 7) is 3.31. The minimum atomic E-state index is -0.236. The van der Waals surface area contributed by atoms with Crippen LogP contribution in [0.3, 0.4) is 0 Å². The number of nitrogens with zero attached hydrogens (tertiary/aromatic N) is 3. The maximum Gasteiger partial charge on any atom is 0.318 e. The van der Waals surface area contributed by atoms with Gasteiger partial charge in [0.2, 0.25) is 0 Å². The molecule has 29 heavy (non-hydrogen) atoms. The summed E-state index contributed by atoms with van der Waals surface area (Å²) in [5, 5.41) is 8.81. The van der Waals surface area contributed by atoms with Gasteiger partial charge in [0.1, 0.15) is 5.82 Å². The third-order valence-electron chi connectivity index (χ3n) is 6.02. The van der Waals surface area contributed by atoms with Gasteiger partial charge in [0, 0.05) is 43.4 Å². The molecule has 0 aliphatic carbocycles. The Bertz CT molecular complexity index is 900. The predicted molar refractivity (Wildman–Crippen MR) is 111 cm³/mol. The number of fused-ring (bicyclic) bond motifs is 3. The highest BCUT2D eigenvalue weighted by Crippen LogP contribution is 2.37. The van der Waals surface area contributed by atoms with Gasteiger partial charge in [-0.2, -0.15) is 0 Å². The van der Waals surface area contributed by atoms with Crippen molar-refractivity contribution in [3.8, 4) is 11.4 Å². The number of amides is 2. The summed E-state index contributed by atoms with van der Waals surface area (Å²) in [4.78, 5) is 24.0. The lowest BCUT2D eigenvalue weighted by Crippen LogP contribution is -2.47. The number of nitrogens with one attached hydrogen (secondary N) is 3. The van der Waals surface area contributed by atoms with E-state index in [1.54, 1.807) is 7.05 Å². The zero-order chi connectivity index (χ0) is 19.8. The first-order chi connectivity index (χ1) is 14.2. The van der Waals surface area contributed by atoms with E-state index >= 15 is 0 Å². The summed E-state index contributed by atoms with van der Waals surface area (Å²) < 4.78 is 5.78. The molecule has 0 spiro atoms. The van der Waals surface area contributed by atoms with Crippen LogP contribution in [-0.2, 0) is 17.7 Å². The van der Waals surface area contributed by atoms with Gasteiger partial charge >= 0.3 is 6.03 Å². The van der Waals surface area contributed by atoms with E-state index in [2.05, 4.69) is 20.9 Å². The van der Waals surface area contributed by atoms with E-state index in [9.17, 15) is 4.79 Å². The van der Waals surface area contributed by atoms with E-state index in [0.717, 1.165) is 74.2 Å². The molecule has 8 nitrogen and oxygen atoms in total. The van der Waals surface area contributed by atoms with Crippen LogP contribution in [0.2, 0.25) is 0 Å². The summed E-state index contributed by atoms with van der Waals surface area (Å²) in [5.74, 6) is 1.82. The molecule has 5 rings (SSSR count). The molecule has 3 aliphatic heterocycles. The number of rotatable bonds is 3. The summed E-state index contributed by atoms with van der Waals surface area (Å²) in [6.07, 6.45) is 3.23. The van der Waals surface area contributed by atoms with E-state index in [4.69, 9.17) is 14.7 Å². The zero-order valence-corrected chi connectivity index (χ0v) is 16.6. The second kappa shape index (κ2) is 7.61. The lowest BCUT2D eigenvalue weighted by Gasteiger charge is -2.37. The van der Waals surface area contributed by atoms with Crippen molar-refractivity contribution in [2.75, 3.05) is 37.0 Å². The molecule has 2 atom stereocenters. The van der Waals surface area contributed by atoms with Crippen LogP contribution >= 0.6 is 0 Å². The summed E-state index contributed by atoms with van der Waals surface area (Å²) in [6, 6.07) is 8.26. The monoisotopic (exact) mass is 394 g/mol. The number of ether oxygens (including phenoxy) is 1. The first-order valence-electron chi connectivity index (χ1n) is 10.3. The lowest BCUT2D eigenvalue weighted by atomic mass is 10.1. The van der Waals surface area contributed by atoms with Crippen LogP contribution < -0.4 is 20.9 Å². The number of benzene rings is 1. The van der Waals surface area contributed by atoms with Crippen LogP contribution in [0.4, 0.5) is 16.3 Å². The topological polar surface area (TPSA) is 91.4 Å². The molecule has 2 saturated heterocycles. The molecule has 4 heterocycles. The average molecular weight is 394 g/mol. The van der Waals surface area contributed by atoms with E-state index in [-0.39, 0.29) is 6.03 Å². The summed E-state index contributed by atoms with van der Waals surface area (Å²) in [5.41, 5.74) is 4.07. The molecule has 0 saturated carbocycles. The Morgan fingerprint density at radius 1 is 1.17 bits per heavy atom. The van der Waals surface area contributed by atoms with Gasteiger partial charge in [-0.25, -0.2) is 14.8 Å². The van der Waals surface area contributed by atoms with Gasteiger partial charge in [-0.15, -0.1) is 0 Å². The predicted octanol–water partition coefficient (Wildman–Crippen LogP) is 1.91. The van der Waals surface area contributed by atoms with Gasteiger partial charge in [-0.05, 0) is 37.1 Å². The second-order valence-corrected chi connectivity index (χ2v) is 7.83. The third kappa shape index (κ3) is 3.42. The van der Waals surface area contributed by atoms with Crippen molar-refractivity contribution in [1.29, 1.82) is 0 Å².